The molecule has 0 atom stereocenters. The fourth-order valence-corrected chi connectivity index (χ4v) is 6.15. The average Bonchev–Trinajstić information content (AvgIpc) is 3.58. The van der Waals surface area contributed by atoms with Crippen LogP contribution in [0.4, 0.5) is 8.78 Å². The Kier molecular flexibility index (Phi) is 17.9. The topological polar surface area (TPSA) is 148 Å². The second-order valence-electron chi connectivity index (χ2n) is 11.4. The van der Waals surface area contributed by atoms with Gasteiger partial charge in [-0.05, 0) is 64.1 Å². The number of benzene rings is 4. The van der Waals surface area contributed by atoms with Crippen molar-refractivity contribution in [1.29, 1.82) is 5.26 Å². The summed E-state index contributed by atoms with van der Waals surface area (Å²) in [5.74, 6) is -2.46. The molecule has 0 aliphatic carbocycles. The van der Waals surface area contributed by atoms with Crippen LogP contribution in [0.3, 0.4) is 0 Å². The molecule has 57 heavy (non-hydrogen) atoms. The number of carbonyl (C=O) groups excluding carboxylic acids is 4. The van der Waals surface area contributed by atoms with E-state index >= 15 is 4.39 Å². The van der Waals surface area contributed by atoms with Crippen molar-refractivity contribution in [2.24, 2.45) is 4.30 Å². The van der Waals surface area contributed by atoms with Gasteiger partial charge in [0.15, 0.2) is 34.6 Å². The Balaban J connectivity index is 0.000000269. The van der Waals surface area contributed by atoms with Crippen molar-refractivity contribution in [2.75, 3.05) is 26.4 Å². The van der Waals surface area contributed by atoms with Gasteiger partial charge in [0, 0.05) is 22.5 Å². The molecule has 0 bridgehead atoms. The summed E-state index contributed by atoms with van der Waals surface area (Å²) < 4.78 is 54.5. The molecule has 4 aromatic rings. The summed E-state index contributed by atoms with van der Waals surface area (Å²) in [5.41, 5.74) is 1.68. The molecule has 4 aromatic carbocycles. The van der Waals surface area contributed by atoms with Crippen molar-refractivity contribution < 1.29 is 46.9 Å². The number of hydrogen-bond donors (Lipinski definition) is 1. The van der Waals surface area contributed by atoms with E-state index in [0.29, 0.717) is 45.7 Å². The number of ether oxygens (including phenoxy) is 4. The fraction of sp³-hybridized carbons (Fsp3) is 0.275. The van der Waals surface area contributed by atoms with Crippen LogP contribution in [0, 0.1) is 23.0 Å². The predicted molar refractivity (Wildman–Crippen MR) is 215 cm³/mol. The van der Waals surface area contributed by atoms with Gasteiger partial charge in [0.05, 0.1) is 67.8 Å². The maximum atomic E-state index is 15.1. The molecular weight excluding hydrogens is 825 g/mol. The first-order valence-electron chi connectivity index (χ1n) is 17.5. The summed E-state index contributed by atoms with van der Waals surface area (Å²) in [6, 6.07) is 19.6. The van der Waals surface area contributed by atoms with Crippen molar-refractivity contribution in [3.8, 4) is 29.1 Å². The Hall–Kier alpha value is -5.60. The van der Waals surface area contributed by atoms with Gasteiger partial charge in [0.2, 0.25) is 0 Å². The normalized spacial score (nSPS) is 12.1. The van der Waals surface area contributed by atoms with Crippen LogP contribution in [0.5, 0.6) is 23.0 Å². The Morgan fingerprint density at radius 1 is 0.684 bits per heavy atom. The third-order valence-corrected chi connectivity index (χ3v) is 8.66. The minimum absolute atomic E-state index is 0.00143. The number of nitrogens with zero attached hydrogens (tertiary/aromatic N) is 4. The van der Waals surface area contributed by atoms with Crippen LogP contribution in [-0.2, 0) is 13.1 Å². The summed E-state index contributed by atoms with van der Waals surface area (Å²) in [6.45, 7) is 9.37. The zero-order chi connectivity index (χ0) is 42.2. The molecule has 12 nitrogen and oxygen atoms in total. The molecule has 2 aliphatic heterocycles. The molecule has 17 heteroatoms. The van der Waals surface area contributed by atoms with Crippen molar-refractivity contribution in [2.45, 2.75) is 47.7 Å². The maximum absolute atomic E-state index is 15.1. The molecule has 297 valence electrons. The molecule has 0 N–H and O–H groups in total. The number of rotatable bonds is 12. The Bertz CT molecular complexity index is 2100. The van der Waals surface area contributed by atoms with Crippen LogP contribution in [0.15, 0.2) is 75.5 Å². The number of nitriles is 1. The van der Waals surface area contributed by atoms with E-state index in [2.05, 4.69) is 40.7 Å². The van der Waals surface area contributed by atoms with E-state index < -0.39 is 35.3 Å². The molecule has 1 radical (unpaired) electrons. The van der Waals surface area contributed by atoms with E-state index in [-0.39, 0.29) is 54.7 Å². The SMILES string of the molecule is CC#N.CCOc1cc(Br)c(CN2C(=O)c3ccccc3C2=O)c(F)c1OCC.CCOc1ccc(CN2C(=O)c3ccccc3C2=O)c(F)c1OCC.[B]=NS. The summed E-state index contributed by atoms with van der Waals surface area (Å²) in [4.78, 5) is 52.0. The van der Waals surface area contributed by atoms with Gasteiger partial charge in [-0.3, -0.25) is 29.0 Å². The van der Waals surface area contributed by atoms with Crippen molar-refractivity contribution >= 4 is 60.0 Å². The van der Waals surface area contributed by atoms with Gasteiger partial charge < -0.3 is 18.9 Å². The number of halogens is 3. The number of imide groups is 2. The Morgan fingerprint density at radius 2 is 1.05 bits per heavy atom. The molecule has 4 amide bonds. The molecule has 0 spiro atoms. The van der Waals surface area contributed by atoms with Gasteiger partial charge in [0.25, 0.3) is 23.6 Å². The van der Waals surface area contributed by atoms with E-state index in [1.54, 1.807) is 94.4 Å². The molecule has 0 fully saturated rings. The number of fused-ring (bicyclic) bond motifs is 2. The zero-order valence-corrected chi connectivity index (χ0v) is 34.3. The molecule has 0 unspecified atom stereocenters. The quantitative estimate of drug-likeness (QED) is 0.0844. The van der Waals surface area contributed by atoms with Crippen molar-refractivity contribution in [3.05, 3.63) is 116 Å². The number of amides is 4. The van der Waals surface area contributed by atoms with E-state index in [1.807, 2.05) is 0 Å². The van der Waals surface area contributed by atoms with E-state index in [4.69, 9.17) is 24.2 Å². The Morgan fingerprint density at radius 3 is 1.46 bits per heavy atom. The van der Waals surface area contributed by atoms with Gasteiger partial charge in [-0.1, -0.05) is 46.3 Å². The summed E-state index contributed by atoms with van der Waals surface area (Å²) >= 11 is 6.50. The number of thiol groups is 1. The third kappa shape index (κ3) is 10.6. The van der Waals surface area contributed by atoms with Crippen molar-refractivity contribution in [1.82, 2.24) is 9.80 Å². The van der Waals surface area contributed by atoms with Crippen LogP contribution < -0.4 is 18.9 Å². The van der Waals surface area contributed by atoms with E-state index in [0.717, 1.165) is 9.80 Å². The third-order valence-electron chi connectivity index (χ3n) is 7.95. The predicted octanol–water partition coefficient (Wildman–Crippen LogP) is 8.31. The van der Waals surface area contributed by atoms with Gasteiger partial charge in [-0.15, -0.1) is 0 Å². The van der Waals surface area contributed by atoms with Crippen LogP contribution in [0.25, 0.3) is 0 Å². The minimum atomic E-state index is -0.652. The van der Waals surface area contributed by atoms with Gasteiger partial charge in [0.1, 0.15) is 0 Å². The molecule has 2 heterocycles. The Labute approximate surface area is 344 Å². The summed E-state index contributed by atoms with van der Waals surface area (Å²) in [6.07, 6.45) is 0. The molecular formula is C40H39BBrF2N4O8S. The second-order valence-corrected chi connectivity index (χ2v) is 12.5. The number of hydrogen-bond acceptors (Lipinski definition) is 11. The molecule has 0 saturated heterocycles. The first-order valence-corrected chi connectivity index (χ1v) is 18.7. The fourth-order valence-electron chi connectivity index (χ4n) is 5.65. The standard InChI is InChI=1S/C19H17BrFNO4.C19H18FNO4.C2H3N.BHNS/c1-3-25-15-9-14(20)13(16(21)17(15)26-4-2)10-22-18(23)11-7-5-6-8-12(11)19(22)24;1-3-24-15-10-9-12(16(20)17(15)25-4-2)11-21-18(22)13-7-5-6-8-14(13)19(21)23;2*1-2-3/h5-9H,3-4,10H2,1-2H3;5-10H,3-4,11H2,1-2H3;1H3;3H. The van der Waals surface area contributed by atoms with E-state index in [1.165, 1.54) is 13.0 Å². The monoisotopic (exact) mass is 863 g/mol. The van der Waals surface area contributed by atoms with Crippen molar-refractivity contribution in [3.63, 3.8) is 0 Å². The van der Waals surface area contributed by atoms with Crippen LogP contribution in [0.1, 0.15) is 87.2 Å². The van der Waals surface area contributed by atoms with E-state index in [9.17, 15) is 23.6 Å². The zero-order valence-electron chi connectivity index (χ0n) is 31.8. The molecule has 2 aliphatic rings. The van der Waals surface area contributed by atoms with Gasteiger partial charge in [-0.2, -0.15) is 5.26 Å². The summed E-state index contributed by atoms with van der Waals surface area (Å²) in [5, 5.41) is 7.32. The molecule has 0 aromatic heterocycles. The molecule has 0 saturated carbocycles. The average molecular weight is 865 g/mol. The molecule has 6 rings (SSSR count). The second kappa shape index (κ2) is 22.2. The first kappa shape index (κ1) is 45.8. The summed E-state index contributed by atoms with van der Waals surface area (Å²) in [7, 11) is 4.34. The van der Waals surface area contributed by atoms with Crippen LogP contribution in [-0.4, -0.2) is 67.5 Å². The van der Waals surface area contributed by atoms with Gasteiger partial charge >= 0.3 is 24.8 Å². The number of carbonyl (C=O) groups is 4. The van der Waals surface area contributed by atoms with Gasteiger partial charge in [-0.25, -0.2) is 8.78 Å². The van der Waals surface area contributed by atoms with Crippen LogP contribution >= 0.6 is 28.7 Å². The first-order chi connectivity index (χ1) is 27.4. The van der Waals surface area contributed by atoms with Crippen LogP contribution in [0.2, 0.25) is 0 Å².